The van der Waals surface area contributed by atoms with Crippen molar-refractivity contribution in [2.24, 2.45) is 0 Å². The number of carbonyl (C=O) groups is 1. The van der Waals surface area contributed by atoms with Crippen molar-refractivity contribution in [3.8, 4) is 5.75 Å². The van der Waals surface area contributed by atoms with E-state index in [1.807, 2.05) is 0 Å². The Balaban J connectivity index is 2.24. The van der Waals surface area contributed by atoms with Gasteiger partial charge in [0.15, 0.2) is 5.78 Å². The van der Waals surface area contributed by atoms with Crippen LogP contribution in [-0.2, 0) is 0 Å². The fourth-order valence-corrected chi connectivity index (χ4v) is 2.23. The summed E-state index contributed by atoms with van der Waals surface area (Å²) in [5.41, 5.74) is 0.635. The molecule has 0 radical (unpaired) electrons. The monoisotopic (exact) mass is 342 g/mol. The zero-order valence-electron chi connectivity index (χ0n) is 11.1. The summed E-state index contributed by atoms with van der Waals surface area (Å²) in [5.74, 6) is -0.642. The Bertz CT molecular complexity index is 715. The molecule has 0 fully saturated rings. The summed E-state index contributed by atoms with van der Waals surface area (Å²) < 4.78 is 29.0. The van der Waals surface area contributed by atoms with Crippen LogP contribution < -0.4 is 4.74 Å². The molecule has 0 aliphatic heterocycles. The number of hydrogen-bond donors (Lipinski definition) is 0. The Labute approximate surface area is 135 Å². The van der Waals surface area contributed by atoms with Crippen LogP contribution in [0.3, 0.4) is 0 Å². The van der Waals surface area contributed by atoms with E-state index in [4.69, 9.17) is 23.2 Å². The number of ketones is 1. The predicted molar refractivity (Wildman–Crippen MR) is 82.9 cm³/mol. The molecule has 114 valence electrons. The van der Waals surface area contributed by atoms with Gasteiger partial charge in [0, 0.05) is 10.0 Å². The second-order valence-electron chi connectivity index (χ2n) is 4.24. The number of carbonyl (C=O) groups excluding carboxylic acids is 1. The van der Waals surface area contributed by atoms with Gasteiger partial charge in [0.25, 0.3) is 0 Å². The summed E-state index contributed by atoms with van der Waals surface area (Å²) in [7, 11) is 0. The highest BCUT2D eigenvalue weighted by molar-refractivity contribution is 6.35. The maximum atomic E-state index is 12.3. The minimum absolute atomic E-state index is 0.0455. The van der Waals surface area contributed by atoms with Crippen molar-refractivity contribution in [2.75, 3.05) is 0 Å². The summed E-state index contributed by atoms with van der Waals surface area (Å²) in [5, 5.41) is 0.859. The molecule has 0 amide bonds. The largest absolute Gasteiger partial charge is 0.434 e. The van der Waals surface area contributed by atoms with Gasteiger partial charge in [0.2, 0.25) is 0 Å². The molecule has 2 aromatic rings. The van der Waals surface area contributed by atoms with E-state index in [-0.39, 0.29) is 11.3 Å². The van der Waals surface area contributed by atoms with Crippen LogP contribution in [0.1, 0.15) is 15.9 Å². The fraction of sp³-hybridized carbons (Fsp3) is 0.0625. The van der Waals surface area contributed by atoms with Crippen LogP contribution in [0, 0.1) is 0 Å². The van der Waals surface area contributed by atoms with Crippen LogP contribution in [0.25, 0.3) is 6.08 Å². The Morgan fingerprint density at radius 2 is 1.86 bits per heavy atom. The molecule has 2 rings (SSSR count). The maximum Gasteiger partial charge on any atom is 0.387 e. The zero-order chi connectivity index (χ0) is 16.1. The van der Waals surface area contributed by atoms with E-state index < -0.39 is 12.4 Å². The second kappa shape index (κ2) is 7.38. The standard InChI is InChI=1S/C16H10Cl2F2O2/c17-11-7-5-10(13(18)9-11)6-8-14(21)12-3-1-2-4-15(12)22-16(19)20/h1-9,16H. The van der Waals surface area contributed by atoms with Gasteiger partial charge in [-0.1, -0.05) is 41.4 Å². The van der Waals surface area contributed by atoms with E-state index in [0.29, 0.717) is 15.6 Å². The van der Waals surface area contributed by atoms with Crippen molar-refractivity contribution in [3.63, 3.8) is 0 Å². The van der Waals surface area contributed by atoms with E-state index in [0.717, 1.165) is 0 Å². The van der Waals surface area contributed by atoms with Gasteiger partial charge in [0.05, 0.1) is 5.56 Å². The van der Waals surface area contributed by atoms with Gasteiger partial charge in [-0.15, -0.1) is 0 Å². The molecule has 0 atom stereocenters. The van der Waals surface area contributed by atoms with Crippen LogP contribution in [0.2, 0.25) is 10.0 Å². The number of allylic oxidation sites excluding steroid dienone is 1. The van der Waals surface area contributed by atoms with Crippen LogP contribution >= 0.6 is 23.2 Å². The van der Waals surface area contributed by atoms with E-state index in [9.17, 15) is 13.6 Å². The van der Waals surface area contributed by atoms with Gasteiger partial charge in [0.1, 0.15) is 5.75 Å². The predicted octanol–water partition coefficient (Wildman–Crippen LogP) is 5.49. The molecule has 0 N–H and O–H groups in total. The molecule has 2 nitrogen and oxygen atoms in total. The summed E-state index contributed by atoms with van der Waals surface area (Å²) in [6.07, 6.45) is 2.73. The molecule has 0 bridgehead atoms. The average Bonchev–Trinajstić information content (AvgIpc) is 2.46. The molecule has 0 saturated heterocycles. The number of alkyl halides is 2. The third kappa shape index (κ3) is 4.29. The minimum atomic E-state index is -3.00. The third-order valence-corrected chi connectivity index (χ3v) is 3.31. The normalized spacial score (nSPS) is 11.1. The average molecular weight is 343 g/mol. The smallest absolute Gasteiger partial charge is 0.387 e. The third-order valence-electron chi connectivity index (χ3n) is 2.75. The second-order valence-corrected chi connectivity index (χ2v) is 5.08. The lowest BCUT2D eigenvalue weighted by Gasteiger charge is -2.08. The first-order chi connectivity index (χ1) is 10.5. The topological polar surface area (TPSA) is 26.3 Å². The lowest BCUT2D eigenvalue weighted by atomic mass is 10.1. The quantitative estimate of drug-likeness (QED) is 0.530. The van der Waals surface area contributed by atoms with Crippen LogP contribution in [-0.4, -0.2) is 12.4 Å². The molecule has 6 heteroatoms. The van der Waals surface area contributed by atoms with Crippen LogP contribution in [0.15, 0.2) is 48.5 Å². The summed E-state index contributed by atoms with van der Waals surface area (Å²) in [6, 6.07) is 10.6. The van der Waals surface area contributed by atoms with Gasteiger partial charge in [-0.2, -0.15) is 8.78 Å². The minimum Gasteiger partial charge on any atom is -0.434 e. The fourth-order valence-electron chi connectivity index (χ4n) is 1.76. The Hall–Kier alpha value is -1.91. The molecular formula is C16H10Cl2F2O2. The first kappa shape index (κ1) is 16.5. The van der Waals surface area contributed by atoms with E-state index in [1.54, 1.807) is 24.3 Å². The zero-order valence-corrected chi connectivity index (χ0v) is 12.6. The molecule has 0 aliphatic carbocycles. The number of hydrogen-bond acceptors (Lipinski definition) is 2. The van der Waals surface area contributed by atoms with Crippen molar-refractivity contribution in [1.29, 1.82) is 0 Å². The summed E-state index contributed by atoms with van der Waals surface area (Å²) >= 11 is 11.8. The van der Waals surface area contributed by atoms with Crippen molar-refractivity contribution < 1.29 is 18.3 Å². The molecule has 22 heavy (non-hydrogen) atoms. The molecule has 0 heterocycles. The van der Waals surface area contributed by atoms with Crippen molar-refractivity contribution in [3.05, 3.63) is 69.7 Å². The highest BCUT2D eigenvalue weighted by Crippen LogP contribution is 2.24. The molecular weight excluding hydrogens is 333 g/mol. The van der Waals surface area contributed by atoms with Crippen molar-refractivity contribution in [1.82, 2.24) is 0 Å². The molecule has 2 aromatic carbocycles. The number of para-hydroxylation sites is 1. The Morgan fingerprint density at radius 3 is 2.55 bits per heavy atom. The van der Waals surface area contributed by atoms with Crippen molar-refractivity contribution in [2.45, 2.75) is 6.61 Å². The van der Waals surface area contributed by atoms with Gasteiger partial charge in [-0.05, 0) is 42.0 Å². The van der Waals surface area contributed by atoms with E-state index >= 15 is 0 Å². The van der Waals surface area contributed by atoms with E-state index in [1.165, 1.54) is 30.4 Å². The van der Waals surface area contributed by atoms with Gasteiger partial charge in [-0.3, -0.25) is 4.79 Å². The first-order valence-electron chi connectivity index (χ1n) is 6.18. The summed E-state index contributed by atoms with van der Waals surface area (Å²) in [6.45, 7) is -3.00. The lowest BCUT2D eigenvalue weighted by molar-refractivity contribution is -0.0501. The van der Waals surface area contributed by atoms with E-state index in [2.05, 4.69) is 4.74 Å². The number of benzene rings is 2. The first-order valence-corrected chi connectivity index (χ1v) is 6.94. The molecule has 0 aliphatic rings. The Kier molecular flexibility index (Phi) is 5.52. The van der Waals surface area contributed by atoms with Crippen molar-refractivity contribution >= 4 is 35.1 Å². The molecule has 0 aromatic heterocycles. The lowest BCUT2D eigenvalue weighted by Crippen LogP contribution is -2.06. The van der Waals surface area contributed by atoms with Gasteiger partial charge >= 0.3 is 6.61 Å². The van der Waals surface area contributed by atoms with Gasteiger partial charge < -0.3 is 4.74 Å². The number of halogens is 4. The SMILES string of the molecule is O=C(C=Cc1ccc(Cl)cc1Cl)c1ccccc1OC(F)F. The van der Waals surface area contributed by atoms with Gasteiger partial charge in [-0.25, -0.2) is 0 Å². The molecule has 0 spiro atoms. The molecule has 0 saturated carbocycles. The Morgan fingerprint density at radius 1 is 1.14 bits per heavy atom. The highest BCUT2D eigenvalue weighted by atomic mass is 35.5. The summed E-state index contributed by atoms with van der Waals surface area (Å²) in [4.78, 5) is 12.1. The van der Waals surface area contributed by atoms with Crippen LogP contribution in [0.5, 0.6) is 5.75 Å². The number of rotatable bonds is 5. The van der Waals surface area contributed by atoms with Crippen LogP contribution in [0.4, 0.5) is 8.78 Å². The molecule has 0 unspecified atom stereocenters. The highest BCUT2D eigenvalue weighted by Gasteiger charge is 2.13. The number of ether oxygens (including phenoxy) is 1. The maximum absolute atomic E-state index is 12.3.